The quantitative estimate of drug-likeness (QED) is 0.668. The minimum Gasteiger partial charge on any atom is -0.326 e. The van der Waals surface area contributed by atoms with E-state index in [4.69, 9.17) is 11.6 Å². The van der Waals surface area contributed by atoms with E-state index in [2.05, 4.69) is 5.32 Å². The molecule has 1 amide bonds. The predicted octanol–water partition coefficient (Wildman–Crippen LogP) is 2.31. The first-order valence-corrected chi connectivity index (χ1v) is 4.31. The fraction of sp³-hybridized carbons (Fsp3) is 0.444. The summed E-state index contributed by atoms with van der Waals surface area (Å²) in [7, 11) is 0. The van der Waals surface area contributed by atoms with Crippen molar-refractivity contribution in [2.45, 2.75) is 26.7 Å². The highest BCUT2D eigenvalue weighted by molar-refractivity contribution is 6.29. The molecular weight excluding hydrogens is 174 g/mol. The van der Waals surface area contributed by atoms with Crippen molar-refractivity contribution in [1.29, 1.82) is 0 Å². The van der Waals surface area contributed by atoms with E-state index in [1.807, 2.05) is 13.0 Å². The zero-order valence-electron chi connectivity index (χ0n) is 7.28. The minimum absolute atomic E-state index is 0.0491. The van der Waals surface area contributed by atoms with Crippen LogP contribution >= 0.6 is 11.6 Å². The molecule has 2 nitrogen and oxygen atoms in total. The lowest BCUT2D eigenvalue weighted by molar-refractivity contribution is -0.118. The molecule has 1 N–H and O–H groups in total. The highest BCUT2D eigenvalue weighted by Crippen LogP contribution is 2.24. The summed E-state index contributed by atoms with van der Waals surface area (Å²) in [6, 6.07) is 0. The first-order chi connectivity index (χ1) is 5.59. The first kappa shape index (κ1) is 9.33. The van der Waals surface area contributed by atoms with Gasteiger partial charge in [0.05, 0.1) is 0 Å². The van der Waals surface area contributed by atoms with E-state index < -0.39 is 0 Å². The molecule has 0 aliphatic heterocycles. The van der Waals surface area contributed by atoms with Gasteiger partial charge in [-0.15, -0.1) is 0 Å². The molecule has 0 saturated carbocycles. The molecule has 0 aromatic heterocycles. The van der Waals surface area contributed by atoms with E-state index in [9.17, 15) is 4.79 Å². The lowest BCUT2D eigenvalue weighted by Gasteiger charge is -2.14. The van der Waals surface area contributed by atoms with Crippen LogP contribution in [0.2, 0.25) is 0 Å². The summed E-state index contributed by atoms with van der Waals surface area (Å²) in [5.41, 5.74) is 2.05. The maximum absolute atomic E-state index is 10.7. The van der Waals surface area contributed by atoms with Gasteiger partial charge in [-0.3, -0.25) is 4.79 Å². The Kier molecular flexibility index (Phi) is 2.93. The fourth-order valence-electron chi connectivity index (χ4n) is 1.13. The number of carbonyl (C=O) groups excluding carboxylic acids is 1. The lowest BCUT2D eigenvalue weighted by Crippen LogP contribution is -2.20. The number of rotatable bonds is 1. The van der Waals surface area contributed by atoms with Crippen molar-refractivity contribution in [2.24, 2.45) is 0 Å². The molecule has 1 aliphatic carbocycles. The average molecular weight is 186 g/mol. The summed E-state index contributed by atoms with van der Waals surface area (Å²) in [4.78, 5) is 10.7. The summed E-state index contributed by atoms with van der Waals surface area (Å²) < 4.78 is 0. The van der Waals surface area contributed by atoms with E-state index in [-0.39, 0.29) is 5.91 Å². The second-order valence-electron chi connectivity index (χ2n) is 2.97. The van der Waals surface area contributed by atoms with Crippen LogP contribution in [0.1, 0.15) is 26.7 Å². The number of halogens is 1. The average Bonchev–Trinajstić information content (AvgIpc) is 1.96. The van der Waals surface area contributed by atoms with Crippen molar-refractivity contribution in [3.05, 3.63) is 22.4 Å². The highest BCUT2D eigenvalue weighted by Gasteiger charge is 2.09. The Morgan fingerprint density at radius 1 is 1.58 bits per heavy atom. The van der Waals surface area contributed by atoms with Gasteiger partial charge in [-0.25, -0.2) is 0 Å². The monoisotopic (exact) mass is 185 g/mol. The fourth-order valence-corrected chi connectivity index (χ4v) is 1.33. The zero-order valence-corrected chi connectivity index (χ0v) is 8.03. The Labute approximate surface area is 77.3 Å². The molecule has 0 atom stereocenters. The zero-order chi connectivity index (χ0) is 9.14. The molecule has 0 aromatic carbocycles. The molecule has 0 bridgehead atoms. The van der Waals surface area contributed by atoms with Crippen LogP contribution in [-0.4, -0.2) is 5.91 Å². The third-order valence-corrected chi connectivity index (χ3v) is 2.11. The molecule has 66 valence electrons. The summed E-state index contributed by atoms with van der Waals surface area (Å²) in [5, 5.41) is 3.55. The van der Waals surface area contributed by atoms with Gasteiger partial charge in [-0.05, 0) is 31.4 Å². The smallest absolute Gasteiger partial charge is 0.221 e. The van der Waals surface area contributed by atoms with Crippen LogP contribution in [0.15, 0.2) is 22.4 Å². The van der Waals surface area contributed by atoms with Crippen molar-refractivity contribution in [3.63, 3.8) is 0 Å². The van der Waals surface area contributed by atoms with Gasteiger partial charge in [-0.2, -0.15) is 0 Å². The predicted molar refractivity (Wildman–Crippen MR) is 49.7 cm³/mol. The SMILES string of the molecule is CC(=O)NC1=C(C)CCC(Cl)=C1. The summed E-state index contributed by atoms with van der Waals surface area (Å²) in [5.74, 6) is -0.0491. The largest absolute Gasteiger partial charge is 0.326 e. The molecule has 0 spiro atoms. The van der Waals surface area contributed by atoms with Crippen molar-refractivity contribution in [1.82, 2.24) is 5.32 Å². The lowest BCUT2D eigenvalue weighted by atomic mass is 10.0. The van der Waals surface area contributed by atoms with Gasteiger partial charge < -0.3 is 5.32 Å². The normalized spacial score (nSPS) is 17.4. The van der Waals surface area contributed by atoms with Crippen LogP contribution in [0.4, 0.5) is 0 Å². The molecule has 1 aliphatic rings. The third kappa shape index (κ3) is 2.38. The Bertz CT molecular complexity index is 266. The number of hydrogen-bond donors (Lipinski definition) is 1. The van der Waals surface area contributed by atoms with Gasteiger partial charge >= 0.3 is 0 Å². The van der Waals surface area contributed by atoms with Gasteiger partial charge in [0, 0.05) is 17.7 Å². The van der Waals surface area contributed by atoms with Crippen LogP contribution in [0, 0.1) is 0 Å². The van der Waals surface area contributed by atoms with Gasteiger partial charge in [-0.1, -0.05) is 11.6 Å². The number of allylic oxidation sites excluding steroid dienone is 3. The second-order valence-corrected chi connectivity index (χ2v) is 3.45. The van der Waals surface area contributed by atoms with Crippen LogP contribution < -0.4 is 5.32 Å². The Morgan fingerprint density at radius 2 is 2.25 bits per heavy atom. The number of amides is 1. The Hall–Kier alpha value is -0.760. The molecule has 1 rings (SSSR count). The van der Waals surface area contributed by atoms with Crippen LogP contribution in [-0.2, 0) is 4.79 Å². The summed E-state index contributed by atoms with van der Waals surface area (Å²) >= 11 is 5.84. The van der Waals surface area contributed by atoms with Crippen molar-refractivity contribution in [2.75, 3.05) is 0 Å². The molecule has 0 radical (unpaired) electrons. The second kappa shape index (κ2) is 3.76. The van der Waals surface area contributed by atoms with E-state index >= 15 is 0 Å². The van der Waals surface area contributed by atoms with Crippen LogP contribution in [0.3, 0.4) is 0 Å². The molecule has 0 aromatic rings. The molecule has 0 unspecified atom stereocenters. The number of hydrogen-bond acceptors (Lipinski definition) is 1. The van der Waals surface area contributed by atoms with E-state index in [1.54, 1.807) is 0 Å². The third-order valence-electron chi connectivity index (χ3n) is 1.81. The highest BCUT2D eigenvalue weighted by atomic mass is 35.5. The number of nitrogens with one attached hydrogen (secondary N) is 1. The Balaban J connectivity index is 2.78. The van der Waals surface area contributed by atoms with E-state index in [0.717, 1.165) is 23.6 Å². The van der Waals surface area contributed by atoms with Crippen molar-refractivity contribution < 1.29 is 4.79 Å². The van der Waals surface area contributed by atoms with Crippen molar-refractivity contribution in [3.8, 4) is 0 Å². The number of carbonyl (C=O) groups is 1. The molecule has 0 fully saturated rings. The maximum Gasteiger partial charge on any atom is 0.221 e. The van der Waals surface area contributed by atoms with Crippen LogP contribution in [0.25, 0.3) is 0 Å². The molecular formula is C9H12ClNO. The molecule has 12 heavy (non-hydrogen) atoms. The summed E-state index contributed by atoms with van der Waals surface area (Å²) in [6.45, 7) is 3.50. The minimum atomic E-state index is -0.0491. The molecule has 0 saturated heterocycles. The van der Waals surface area contributed by atoms with Crippen molar-refractivity contribution >= 4 is 17.5 Å². The van der Waals surface area contributed by atoms with Gasteiger partial charge in [0.2, 0.25) is 5.91 Å². The molecule has 3 heteroatoms. The standard InChI is InChI=1S/C9H12ClNO/c1-6-3-4-8(10)5-9(6)11-7(2)12/h5H,3-4H2,1-2H3,(H,11,12). The molecule has 0 heterocycles. The maximum atomic E-state index is 10.7. The first-order valence-electron chi connectivity index (χ1n) is 3.93. The van der Waals surface area contributed by atoms with Gasteiger partial charge in [0.15, 0.2) is 0 Å². The summed E-state index contributed by atoms with van der Waals surface area (Å²) in [6.07, 6.45) is 3.64. The van der Waals surface area contributed by atoms with Crippen LogP contribution in [0.5, 0.6) is 0 Å². The van der Waals surface area contributed by atoms with E-state index in [1.165, 1.54) is 12.5 Å². The Morgan fingerprint density at radius 3 is 2.83 bits per heavy atom. The van der Waals surface area contributed by atoms with E-state index in [0.29, 0.717) is 0 Å². The van der Waals surface area contributed by atoms with Gasteiger partial charge in [0.1, 0.15) is 0 Å². The van der Waals surface area contributed by atoms with Gasteiger partial charge in [0.25, 0.3) is 0 Å². The topological polar surface area (TPSA) is 29.1 Å².